The Balaban J connectivity index is 1.83. The number of amides is 2. The maximum absolute atomic E-state index is 12.5. The van der Waals surface area contributed by atoms with Crippen molar-refractivity contribution < 1.29 is 19.5 Å². The summed E-state index contributed by atoms with van der Waals surface area (Å²) in [5, 5.41) is 12.0. The lowest BCUT2D eigenvalue weighted by Crippen LogP contribution is -2.35. The number of carbonyl (C=O) groups is 3. The molecule has 1 aromatic heterocycles. The molecular formula is C21H17Cl2N3O4. The molecule has 9 heteroatoms. The summed E-state index contributed by atoms with van der Waals surface area (Å²) in [7, 11) is 0. The minimum absolute atomic E-state index is 0.121. The quantitative estimate of drug-likeness (QED) is 0.495. The van der Waals surface area contributed by atoms with Crippen molar-refractivity contribution in [2.24, 2.45) is 0 Å². The van der Waals surface area contributed by atoms with E-state index in [0.29, 0.717) is 22.1 Å². The Morgan fingerprint density at radius 1 is 0.900 bits per heavy atom. The Labute approximate surface area is 182 Å². The molecule has 1 heterocycles. The molecule has 3 rings (SSSR count). The van der Waals surface area contributed by atoms with Crippen molar-refractivity contribution in [1.29, 1.82) is 0 Å². The highest BCUT2D eigenvalue weighted by Gasteiger charge is 2.19. The van der Waals surface area contributed by atoms with Crippen molar-refractivity contribution in [2.45, 2.75) is 12.8 Å². The number of hydrogen-bond donors (Lipinski definition) is 3. The van der Waals surface area contributed by atoms with Crippen LogP contribution >= 0.6 is 23.2 Å². The summed E-state index contributed by atoms with van der Waals surface area (Å²) < 4.78 is 1.43. The van der Waals surface area contributed by atoms with Crippen molar-refractivity contribution in [3.05, 3.63) is 76.4 Å². The van der Waals surface area contributed by atoms with Gasteiger partial charge in [0.25, 0.3) is 0 Å². The molecule has 154 valence electrons. The SMILES string of the molecule is O=C(O)CCc1ccc(-c2ccccc2)n1NC(=O)C(=O)Nc1ccc(Cl)c(Cl)c1. The highest BCUT2D eigenvalue weighted by Crippen LogP contribution is 2.25. The van der Waals surface area contributed by atoms with Crippen LogP contribution in [0.25, 0.3) is 11.3 Å². The average Bonchev–Trinajstić information content (AvgIpc) is 3.12. The number of nitrogens with one attached hydrogen (secondary N) is 2. The van der Waals surface area contributed by atoms with Gasteiger partial charge < -0.3 is 10.4 Å². The molecule has 0 saturated carbocycles. The summed E-state index contributed by atoms with van der Waals surface area (Å²) in [6, 6.07) is 17.1. The van der Waals surface area contributed by atoms with Gasteiger partial charge in [0, 0.05) is 23.4 Å². The molecule has 0 spiro atoms. The van der Waals surface area contributed by atoms with E-state index >= 15 is 0 Å². The average molecular weight is 446 g/mol. The number of carbonyl (C=O) groups excluding carboxylic acids is 2. The highest BCUT2D eigenvalue weighted by molar-refractivity contribution is 6.43. The molecule has 0 unspecified atom stereocenters. The number of nitrogens with zero attached hydrogens (tertiary/aromatic N) is 1. The van der Waals surface area contributed by atoms with Crippen LogP contribution in [-0.4, -0.2) is 27.6 Å². The number of carboxylic acid groups (broad SMARTS) is 1. The van der Waals surface area contributed by atoms with E-state index in [1.54, 1.807) is 12.1 Å². The van der Waals surface area contributed by atoms with Crippen molar-refractivity contribution in [1.82, 2.24) is 4.68 Å². The summed E-state index contributed by atoms with van der Waals surface area (Å²) in [6.45, 7) is 0. The first-order valence-electron chi connectivity index (χ1n) is 8.90. The normalized spacial score (nSPS) is 10.5. The second kappa shape index (κ2) is 9.47. The molecule has 30 heavy (non-hydrogen) atoms. The van der Waals surface area contributed by atoms with Crippen LogP contribution in [0.2, 0.25) is 10.0 Å². The smallest absolute Gasteiger partial charge is 0.328 e. The van der Waals surface area contributed by atoms with E-state index in [1.807, 2.05) is 30.3 Å². The van der Waals surface area contributed by atoms with Crippen LogP contribution in [0.15, 0.2) is 60.7 Å². The number of hydrogen-bond acceptors (Lipinski definition) is 3. The molecule has 3 aromatic rings. The fraction of sp³-hybridized carbons (Fsp3) is 0.0952. The van der Waals surface area contributed by atoms with E-state index in [2.05, 4.69) is 10.7 Å². The van der Waals surface area contributed by atoms with Crippen LogP contribution in [0, 0.1) is 0 Å². The molecule has 7 nitrogen and oxygen atoms in total. The van der Waals surface area contributed by atoms with E-state index in [-0.39, 0.29) is 17.9 Å². The third-order valence-corrected chi connectivity index (χ3v) is 4.96. The first kappa shape index (κ1) is 21.4. The molecule has 0 radical (unpaired) electrons. The number of aryl methyl sites for hydroxylation is 1. The zero-order chi connectivity index (χ0) is 21.7. The van der Waals surface area contributed by atoms with Gasteiger partial charge in [-0.1, -0.05) is 53.5 Å². The van der Waals surface area contributed by atoms with Crippen LogP contribution in [0.4, 0.5) is 5.69 Å². The van der Waals surface area contributed by atoms with Gasteiger partial charge in [0.2, 0.25) is 0 Å². The first-order chi connectivity index (χ1) is 14.3. The van der Waals surface area contributed by atoms with Crippen LogP contribution in [-0.2, 0) is 20.8 Å². The van der Waals surface area contributed by atoms with Crippen molar-refractivity contribution in [3.63, 3.8) is 0 Å². The fourth-order valence-corrected chi connectivity index (χ4v) is 3.09. The highest BCUT2D eigenvalue weighted by atomic mass is 35.5. The maximum Gasteiger partial charge on any atom is 0.328 e. The number of carboxylic acids is 1. The van der Waals surface area contributed by atoms with E-state index in [1.165, 1.54) is 22.9 Å². The number of rotatable bonds is 6. The van der Waals surface area contributed by atoms with Gasteiger partial charge >= 0.3 is 17.8 Å². The molecule has 0 aliphatic carbocycles. The van der Waals surface area contributed by atoms with Gasteiger partial charge in [-0.25, -0.2) is 0 Å². The van der Waals surface area contributed by atoms with E-state index in [0.717, 1.165) is 5.56 Å². The zero-order valence-electron chi connectivity index (χ0n) is 15.6. The molecule has 2 aromatic carbocycles. The van der Waals surface area contributed by atoms with Crippen LogP contribution in [0.1, 0.15) is 12.1 Å². The monoisotopic (exact) mass is 445 g/mol. The van der Waals surface area contributed by atoms with E-state index in [4.69, 9.17) is 28.3 Å². The van der Waals surface area contributed by atoms with Gasteiger partial charge in [-0.2, -0.15) is 0 Å². The van der Waals surface area contributed by atoms with Gasteiger partial charge in [-0.05, 0) is 30.3 Å². The molecule has 0 saturated heterocycles. The molecule has 3 N–H and O–H groups in total. The second-order valence-corrected chi connectivity index (χ2v) is 7.14. The Hall–Kier alpha value is -3.29. The topological polar surface area (TPSA) is 100 Å². The lowest BCUT2D eigenvalue weighted by atomic mass is 10.2. The third-order valence-electron chi connectivity index (χ3n) is 4.22. The minimum atomic E-state index is -0.965. The molecule has 0 atom stereocenters. The lowest BCUT2D eigenvalue weighted by molar-refractivity contribution is -0.137. The van der Waals surface area contributed by atoms with Crippen LogP contribution in [0.3, 0.4) is 0 Å². The Morgan fingerprint density at radius 2 is 1.63 bits per heavy atom. The number of benzene rings is 2. The second-order valence-electron chi connectivity index (χ2n) is 6.33. The molecule has 0 bridgehead atoms. The Kier molecular flexibility index (Phi) is 6.76. The molecule has 2 amide bonds. The van der Waals surface area contributed by atoms with Crippen LogP contribution < -0.4 is 10.7 Å². The predicted molar refractivity (Wildman–Crippen MR) is 115 cm³/mol. The molecule has 0 aliphatic rings. The van der Waals surface area contributed by atoms with Crippen molar-refractivity contribution >= 4 is 46.7 Å². The Morgan fingerprint density at radius 3 is 2.30 bits per heavy atom. The molecule has 0 fully saturated rings. The fourth-order valence-electron chi connectivity index (χ4n) is 2.79. The number of halogens is 2. The van der Waals surface area contributed by atoms with Gasteiger partial charge in [0.15, 0.2) is 0 Å². The van der Waals surface area contributed by atoms with Gasteiger partial charge in [-0.15, -0.1) is 0 Å². The van der Waals surface area contributed by atoms with Gasteiger partial charge in [0.1, 0.15) is 0 Å². The summed E-state index contributed by atoms with van der Waals surface area (Å²) >= 11 is 11.8. The summed E-state index contributed by atoms with van der Waals surface area (Å²) in [5.41, 5.74) is 4.81. The standard InChI is InChI=1S/C21H17Cl2N3O4/c22-16-9-6-14(12-17(16)23)24-20(29)21(30)25-26-15(8-11-19(27)28)7-10-18(26)13-4-2-1-3-5-13/h1-7,9-10,12H,8,11H2,(H,24,29)(H,25,30)(H,27,28). The van der Waals surface area contributed by atoms with Gasteiger partial charge in [0.05, 0.1) is 22.2 Å². The first-order valence-corrected chi connectivity index (χ1v) is 9.66. The van der Waals surface area contributed by atoms with Gasteiger partial charge in [-0.3, -0.25) is 24.5 Å². The van der Waals surface area contributed by atoms with E-state index < -0.39 is 17.8 Å². The zero-order valence-corrected chi connectivity index (χ0v) is 17.1. The maximum atomic E-state index is 12.5. The summed E-state index contributed by atoms with van der Waals surface area (Å²) in [6.07, 6.45) is 0.0560. The summed E-state index contributed by atoms with van der Waals surface area (Å²) in [5.74, 6) is -2.80. The summed E-state index contributed by atoms with van der Waals surface area (Å²) in [4.78, 5) is 35.8. The largest absolute Gasteiger partial charge is 0.481 e. The van der Waals surface area contributed by atoms with E-state index in [9.17, 15) is 14.4 Å². The Bertz CT molecular complexity index is 1100. The molecule has 0 aliphatic heterocycles. The minimum Gasteiger partial charge on any atom is -0.481 e. The number of aromatic nitrogens is 1. The lowest BCUT2D eigenvalue weighted by Gasteiger charge is -2.15. The number of anilines is 1. The third kappa shape index (κ3) is 5.20. The van der Waals surface area contributed by atoms with Crippen molar-refractivity contribution in [2.75, 3.05) is 10.7 Å². The molecular weight excluding hydrogens is 429 g/mol. The predicted octanol–water partition coefficient (Wildman–Crippen LogP) is 4.19. The van der Waals surface area contributed by atoms with Crippen LogP contribution in [0.5, 0.6) is 0 Å². The van der Waals surface area contributed by atoms with Crippen molar-refractivity contribution in [3.8, 4) is 11.3 Å². The number of aliphatic carboxylic acids is 1.